The van der Waals surface area contributed by atoms with Crippen LogP contribution in [0.25, 0.3) is 0 Å². The maximum Gasteiger partial charge on any atom is 0.149 e. The maximum absolute atomic E-state index is 10.0. The van der Waals surface area contributed by atoms with Crippen LogP contribution < -0.4 is 0 Å². The molecule has 8 heavy (non-hydrogen) atoms. The molecule has 0 radical (unpaired) electrons. The summed E-state index contributed by atoms with van der Waals surface area (Å²) in [5.74, 6) is 0. The summed E-state index contributed by atoms with van der Waals surface area (Å²) in [5.41, 5.74) is 0.729. The highest BCUT2D eigenvalue weighted by molar-refractivity contribution is 5.77. The Labute approximate surface area is 49.7 Å². The molecule has 0 unspecified atom stereocenters. The lowest BCUT2D eigenvalue weighted by Crippen LogP contribution is -1.74. The van der Waals surface area contributed by atoms with Crippen molar-refractivity contribution in [2.24, 2.45) is 0 Å². The summed E-state index contributed by atoms with van der Waals surface area (Å²) in [5, 5.41) is 0. The molecular weight excluding hydrogens is 100 g/mol. The lowest BCUT2D eigenvalue weighted by Gasteiger charge is -1.80. The topological polar surface area (TPSA) is 17.1 Å². The molecule has 0 aliphatic heterocycles. The minimum atomic E-state index is 0.729. The van der Waals surface area contributed by atoms with Crippen molar-refractivity contribution in [3.63, 3.8) is 0 Å². The van der Waals surface area contributed by atoms with Gasteiger partial charge >= 0.3 is 0 Å². The molecule has 0 bridgehead atoms. The van der Waals surface area contributed by atoms with Gasteiger partial charge in [0.25, 0.3) is 0 Å². The number of aldehydes is 1. The van der Waals surface area contributed by atoms with Crippen LogP contribution in [-0.2, 0) is 4.79 Å². The van der Waals surface area contributed by atoms with Crippen molar-refractivity contribution in [2.45, 2.75) is 13.8 Å². The summed E-state index contributed by atoms with van der Waals surface area (Å²) >= 11 is 0. The second-order valence-electron chi connectivity index (χ2n) is 1.41. The lowest BCUT2D eigenvalue weighted by molar-refractivity contribution is -0.104. The van der Waals surface area contributed by atoms with Gasteiger partial charge in [0, 0.05) is 5.57 Å². The van der Waals surface area contributed by atoms with Crippen molar-refractivity contribution in [3.05, 3.63) is 23.8 Å². The Kier molecular flexibility index (Phi) is 3.85. The Morgan fingerprint density at radius 3 is 2.12 bits per heavy atom. The number of rotatable bonds is 2. The number of allylic oxidation sites excluding steroid dienone is 4. The van der Waals surface area contributed by atoms with Gasteiger partial charge in [-0.2, -0.15) is 0 Å². The molecule has 0 saturated heterocycles. The largest absolute Gasteiger partial charge is 0.298 e. The van der Waals surface area contributed by atoms with Gasteiger partial charge in [-0.05, 0) is 13.8 Å². The van der Waals surface area contributed by atoms with E-state index in [1.807, 2.05) is 19.9 Å². The predicted molar refractivity (Wildman–Crippen MR) is 34.6 cm³/mol. The minimum absolute atomic E-state index is 0.729. The molecule has 1 heteroatoms. The van der Waals surface area contributed by atoms with E-state index in [-0.39, 0.29) is 0 Å². The molecule has 0 aliphatic rings. The van der Waals surface area contributed by atoms with Crippen molar-refractivity contribution in [1.82, 2.24) is 0 Å². The first-order valence-corrected chi connectivity index (χ1v) is 2.59. The Morgan fingerprint density at radius 2 is 2.00 bits per heavy atom. The van der Waals surface area contributed by atoms with Gasteiger partial charge in [-0.1, -0.05) is 18.2 Å². The Morgan fingerprint density at radius 1 is 1.38 bits per heavy atom. The van der Waals surface area contributed by atoms with Gasteiger partial charge in [0.2, 0.25) is 0 Å². The number of carbonyl (C=O) groups is 1. The van der Waals surface area contributed by atoms with Crippen LogP contribution in [0, 0.1) is 0 Å². The fraction of sp³-hybridized carbons (Fsp3) is 0.286. The van der Waals surface area contributed by atoms with Crippen LogP contribution in [0.3, 0.4) is 0 Å². The molecule has 0 aliphatic carbocycles. The van der Waals surface area contributed by atoms with Crippen molar-refractivity contribution >= 4 is 6.29 Å². The first kappa shape index (κ1) is 7.15. The second-order valence-corrected chi connectivity index (χ2v) is 1.41. The van der Waals surface area contributed by atoms with Crippen LogP contribution in [0.4, 0.5) is 0 Å². The van der Waals surface area contributed by atoms with Gasteiger partial charge in [0.1, 0.15) is 6.29 Å². The van der Waals surface area contributed by atoms with Crippen LogP contribution in [0.1, 0.15) is 13.8 Å². The molecule has 0 rings (SSSR count). The van der Waals surface area contributed by atoms with E-state index < -0.39 is 0 Å². The molecule has 0 N–H and O–H groups in total. The minimum Gasteiger partial charge on any atom is -0.298 e. The van der Waals surface area contributed by atoms with Crippen LogP contribution in [0.15, 0.2) is 23.8 Å². The summed E-state index contributed by atoms with van der Waals surface area (Å²) in [6.45, 7) is 3.72. The molecular formula is C7H10O. The van der Waals surface area contributed by atoms with Gasteiger partial charge in [0.05, 0.1) is 0 Å². The summed E-state index contributed by atoms with van der Waals surface area (Å²) < 4.78 is 0. The predicted octanol–water partition coefficient (Wildman–Crippen LogP) is 1.71. The summed E-state index contributed by atoms with van der Waals surface area (Å²) in [4.78, 5) is 10.0. The van der Waals surface area contributed by atoms with E-state index in [1.54, 1.807) is 12.2 Å². The van der Waals surface area contributed by atoms with Gasteiger partial charge < -0.3 is 0 Å². The third-order valence-corrected chi connectivity index (χ3v) is 0.829. The van der Waals surface area contributed by atoms with Crippen LogP contribution >= 0.6 is 0 Å². The van der Waals surface area contributed by atoms with Gasteiger partial charge in [-0.25, -0.2) is 0 Å². The van der Waals surface area contributed by atoms with Gasteiger partial charge in [-0.15, -0.1) is 0 Å². The Balaban J connectivity index is 3.91. The van der Waals surface area contributed by atoms with Crippen molar-refractivity contribution in [1.29, 1.82) is 0 Å². The zero-order valence-corrected chi connectivity index (χ0v) is 5.22. The summed E-state index contributed by atoms with van der Waals surface area (Å²) in [6, 6.07) is 0. The first-order valence-electron chi connectivity index (χ1n) is 2.59. The average Bonchev–Trinajstić information content (AvgIpc) is 1.83. The number of hydrogen-bond acceptors (Lipinski definition) is 1. The molecule has 0 aromatic rings. The van der Waals surface area contributed by atoms with Gasteiger partial charge in [-0.3, -0.25) is 4.79 Å². The SMILES string of the molecule is C/C=C(C=O)/C=C/C. The zero-order chi connectivity index (χ0) is 6.41. The van der Waals surface area contributed by atoms with Crippen LogP contribution in [0.2, 0.25) is 0 Å². The number of carbonyl (C=O) groups excluding carboxylic acids is 1. The van der Waals surface area contributed by atoms with E-state index in [4.69, 9.17) is 0 Å². The molecule has 44 valence electrons. The standard InChI is InChI=1S/C7H10O/c1-3-5-7(4-2)6-8/h3-6H,1-2H3/b5-3+,7-4-. The second kappa shape index (κ2) is 4.31. The van der Waals surface area contributed by atoms with E-state index in [2.05, 4.69) is 0 Å². The monoisotopic (exact) mass is 110 g/mol. The van der Waals surface area contributed by atoms with Crippen molar-refractivity contribution in [3.8, 4) is 0 Å². The molecule has 0 amide bonds. The Hall–Kier alpha value is -0.850. The third-order valence-electron chi connectivity index (χ3n) is 0.829. The fourth-order valence-corrected chi connectivity index (χ4v) is 0.396. The highest BCUT2D eigenvalue weighted by Gasteiger charge is 1.79. The zero-order valence-electron chi connectivity index (χ0n) is 5.22. The number of hydrogen-bond donors (Lipinski definition) is 0. The molecule has 0 aromatic heterocycles. The van der Waals surface area contributed by atoms with Crippen LogP contribution in [0.5, 0.6) is 0 Å². The van der Waals surface area contributed by atoms with Crippen molar-refractivity contribution in [2.75, 3.05) is 0 Å². The average molecular weight is 110 g/mol. The molecule has 0 heterocycles. The van der Waals surface area contributed by atoms with Gasteiger partial charge in [0.15, 0.2) is 0 Å². The summed E-state index contributed by atoms with van der Waals surface area (Å²) in [7, 11) is 0. The normalized spacial score (nSPS) is 12.5. The molecule has 0 spiro atoms. The molecule has 1 nitrogen and oxygen atoms in total. The molecule has 0 fully saturated rings. The third kappa shape index (κ3) is 2.35. The molecule has 0 saturated carbocycles. The molecule has 0 atom stereocenters. The first-order chi connectivity index (χ1) is 3.85. The highest BCUT2D eigenvalue weighted by Crippen LogP contribution is 1.89. The summed E-state index contributed by atoms with van der Waals surface area (Å²) in [6.07, 6.45) is 6.21. The van der Waals surface area contributed by atoms with Crippen molar-refractivity contribution < 1.29 is 4.79 Å². The van der Waals surface area contributed by atoms with E-state index in [0.717, 1.165) is 11.9 Å². The maximum atomic E-state index is 10.0. The molecule has 0 aromatic carbocycles. The van der Waals surface area contributed by atoms with E-state index in [9.17, 15) is 4.79 Å². The van der Waals surface area contributed by atoms with E-state index in [0.29, 0.717) is 0 Å². The highest BCUT2D eigenvalue weighted by atomic mass is 16.1. The fourth-order valence-electron chi connectivity index (χ4n) is 0.396. The lowest BCUT2D eigenvalue weighted by atomic mass is 10.3. The quantitative estimate of drug-likeness (QED) is 0.300. The Bertz CT molecular complexity index is 120. The van der Waals surface area contributed by atoms with Crippen LogP contribution in [-0.4, -0.2) is 6.29 Å². The van der Waals surface area contributed by atoms with E-state index >= 15 is 0 Å². The van der Waals surface area contributed by atoms with E-state index in [1.165, 1.54) is 0 Å². The smallest absolute Gasteiger partial charge is 0.149 e.